The van der Waals surface area contributed by atoms with Crippen LogP contribution >= 0.6 is 0 Å². The minimum atomic E-state index is 0.521. The molecule has 0 atom stereocenters. The second-order valence-corrected chi connectivity index (χ2v) is 4.51. The summed E-state index contributed by atoms with van der Waals surface area (Å²) in [5, 5.41) is 8.86. The van der Waals surface area contributed by atoms with E-state index in [2.05, 4.69) is 36.1 Å². The lowest BCUT2D eigenvalue weighted by atomic mass is 10.0. The normalized spacial score (nSPS) is 15.9. The highest BCUT2D eigenvalue weighted by atomic mass is 15.1. The number of piperidine rings is 1. The van der Waals surface area contributed by atoms with Crippen molar-refractivity contribution in [3.8, 4) is 6.07 Å². The number of hydrogen-bond donors (Lipinski definition) is 0. The van der Waals surface area contributed by atoms with Gasteiger partial charge in [-0.15, -0.1) is 0 Å². The third-order valence-corrected chi connectivity index (χ3v) is 3.20. The van der Waals surface area contributed by atoms with Crippen LogP contribution in [-0.4, -0.2) is 13.1 Å². The van der Waals surface area contributed by atoms with E-state index in [0.717, 1.165) is 13.1 Å². The topological polar surface area (TPSA) is 27.0 Å². The van der Waals surface area contributed by atoms with Crippen LogP contribution in [0.2, 0.25) is 0 Å². The van der Waals surface area contributed by atoms with Crippen molar-refractivity contribution in [3.63, 3.8) is 0 Å². The summed E-state index contributed by atoms with van der Waals surface area (Å²) < 4.78 is 0. The molecule has 1 heterocycles. The Morgan fingerprint density at radius 1 is 1.25 bits per heavy atom. The third-order valence-electron chi connectivity index (χ3n) is 3.20. The summed E-state index contributed by atoms with van der Waals surface area (Å²) >= 11 is 0. The predicted octanol–water partition coefficient (Wildman–Crippen LogP) is 3.05. The lowest BCUT2D eigenvalue weighted by molar-refractivity contribution is 0.576. The van der Waals surface area contributed by atoms with E-state index in [1.165, 1.54) is 36.1 Å². The molecule has 1 aromatic carbocycles. The molecule has 0 aromatic heterocycles. The van der Waals surface area contributed by atoms with Crippen molar-refractivity contribution in [1.29, 1.82) is 5.26 Å². The maximum Gasteiger partial charge on any atom is 0.0670 e. The van der Waals surface area contributed by atoms with Crippen LogP contribution in [0, 0.1) is 18.3 Å². The van der Waals surface area contributed by atoms with E-state index in [1.807, 2.05) is 0 Å². The van der Waals surface area contributed by atoms with E-state index in [-0.39, 0.29) is 0 Å². The summed E-state index contributed by atoms with van der Waals surface area (Å²) in [7, 11) is 0. The van der Waals surface area contributed by atoms with Crippen molar-refractivity contribution >= 4 is 5.69 Å². The summed E-state index contributed by atoms with van der Waals surface area (Å²) in [4.78, 5) is 2.43. The van der Waals surface area contributed by atoms with Gasteiger partial charge >= 0.3 is 0 Å². The lowest BCUT2D eigenvalue weighted by Crippen LogP contribution is -2.30. The summed E-state index contributed by atoms with van der Waals surface area (Å²) in [5.74, 6) is 0. The van der Waals surface area contributed by atoms with Gasteiger partial charge in [0, 0.05) is 18.8 Å². The largest absolute Gasteiger partial charge is 0.371 e. The first-order valence-electron chi connectivity index (χ1n) is 6.02. The fourth-order valence-electron chi connectivity index (χ4n) is 2.38. The Balaban J connectivity index is 2.27. The molecule has 0 unspecified atom stereocenters. The Morgan fingerprint density at radius 3 is 2.69 bits per heavy atom. The third kappa shape index (κ3) is 2.36. The van der Waals surface area contributed by atoms with E-state index in [9.17, 15) is 0 Å². The molecule has 0 bridgehead atoms. The molecule has 1 aromatic rings. The molecule has 0 amide bonds. The van der Waals surface area contributed by atoms with E-state index in [1.54, 1.807) is 0 Å². The van der Waals surface area contributed by atoms with Crippen LogP contribution in [-0.2, 0) is 6.42 Å². The summed E-state index contributed by atoms with van der Waals surface area (Å²) in [6.45, 7) is 4.36. The van der Waals surface area contributed by atoms with Gasteiger partial charge in [0.15, 0.2) is 0 Å². The number of aryl methyl sites for hydroxylation is 1. The minimum Gasteiger partial charge on any atom is -0.371 e. The number of anilines is 1. The quantitative estimate of drug-likeness (QED) is 0.756. The van der Waals surface area contributed by atoms with Crippen molar-refractivity contribution in [2.24, 2.45) is 0 Å². The van der Waals surface area contributed by atoms with Crippen molar-refractivity contribution in [2.75, 3.05) is 18.0 Å². The Morgan fingerprint density at radius 2 is 2.00 bits per heavy atom. The fourth-order valence-corrected chi connectivity index (χ4v) is 2.38. The molecular weight excluding hydrogens is 196 g/mol. The molecule has 1 saturated heterocycles. The summed E-state index contributed by atoms with van der Waals surface area (Å²) in [6, 6.07) is 8.73. The molecule has 1 fully saturated rings. The fraction of sp³-hybridized carbons (Fsp3) is 0.500. The van der Waals surface area contributed by atoms with Crippen LogP contribution in [0.4, 0.5) is 5.69 Å². The SMILES string of the molecule is Cc1ccc(N2CCCCC2)c(CC#N)c1. The smallest absolute Gasteiger partial charge is 0.0670 e. The average molecular weight is 214 g/mol. The Labute approximate surface area is 97.5 Å². The predicted molar refractivity (Wildman–Crippen MR) is 66.6 cm³/mol. The van der Waals surface area contributed by atoms with Crippen LogP contribution < -0.4 is 4.90 Å². The summed E-state index contributed by atoms with van der Waals surface area (Å²) in [6.07, 6.45) is 4.42. The first-order chi connectivity index (χ1) is 7.81. The molecule has 0 radical (unpaired) electrons. The van der Waals surface area contributed by atoms with Gasteiger partial charge in [0.25, 0.3) is 0 Å². The highest BCUT2D eigenvalue weighted by molar-refractivity contribution is 5.56. The van der Waals surface area contributed by atoms with Crippen LogP contribution in [0.1, 0.15) is 30.4 Å². The molecule has 0 saturated carbocycles. The molecule has 1 aliphatic heterocycles. The molecule has 0 N–H and O–H groups in total. The number of nitriles is 1. The molecule has 1 aliphatic rings. The molecule has 2 rings (SSSR count). The van der Waals surface area contributed by atoms with Gasteiger partial charge in [0.1, 0.15) is 0 Å². The highest BCUT2D eigenvalue weighted by Gasteiger charge is 2.14. The van der Waals surface area contributed by atoms with Crippen LogP contribution in [0.25, 0.3) is 0 Å². The van der Waals surface area contributed by atoms with Crippen molar-refractivity contribution in [2.45, 2.75) is 32.6 Å². The van der Waals surface area contributed by atoms with E-state index < -0.39 is 0 Å². The maximum absolute atomic E-state index is 8.86. The highest BCUT2D eigenvalue weighted by Crippen LogP contribution is 2.25. The maximum atomic E-state index is 8.86. The number of benzene rings is 1. The monoisotopic (exact) mass is 214 g/mol. The van der Waals surface area contributed by atoms with Gasteiger partial charge in [-0.1, -0.05) is 17.7 Å². The average Bonchev–Trinajstić information content (AvgIpc) is 2.31. The van der Waals surface area contributed by atoms with E-state index >= 15 is 0 Å². The molecule has 84 valence electrons. The Kier molecular flexibility index (Phi) is 3.46. The zero-order valence-electron chi connectivity index (χ0n) is 9.87. The van der Waals surface area contributed by atoms with E-state index in [4.69, 9.17) is 5.26 Å². The Bertz CT molecular complexity index is 398. The molecule has 0 aliphatic carbocycles. The van der Waals surface area contributed by atoms with Crippen molar-refractivity contribution < 1.29 is 0 Å². The summed E-state index contributed by atoms with van der Waals surface area (Å²) in [5.41, 5.74) is 3.70. The van der Waals surface area contributed by atoms with Gasteiger partial charge < -0.3 is 4.90 Å². The van der Waals surface area contributed by atoms with E-state index in [0.29, 0.717) is 6.42 Å². The van der Waals surface area contributed by atoms with Gasteiger partial charge in [0.2, 0.25) is 0 Å². The lowest BCUT2D eigenvalue weighted by Gasteiger charge is -2.30. The molecule has 2 heteroatoms. The standard InChI is InChI=1S/C14H18N2/c1-12-5-6-14(13(11-12)7-8-15)16-9-3-2-4-10-16/h5-6,11H,2-4,7,9-10H2,1H3. The number of hydrogen-bond acceptors (Lipinski definition) is 2. The minimum absolute atomic E-state index is 0.521. The number of nitrogens with zero attached hydrogens (tertiary/aromatic N) is 2. The van der Waals surface area contributed by atoms with Crippen LogP contribution in [0.3, 0.4) is 0 Å². The molecular formula is C14H18N2. The van der Waals surface area contributed by atoms with Crippen LogP contribution in [0.15, 0.2) is 18.2 Å². The first kappa shape index (κ1) is 11.0. The van der Waals surface area contributed by atoms with Crippen molar-refractivity contribution in [1.82, 2.24) is 0 Å². The van der Waals surface area contributed by atoms with Crippen LogP contribution in [0.5, 0.6) is 0 Å². The van der Waals surface area contributed by atoms with Crippen molar-refractivity contribution in [3.05, 3.63) is 29.3 Å². The van der Waals surface area contributed by atoms with Gasteiger partial charge in [-0.2, -0.15) is 5.26 Å². The second-order valence-electron chi connectivity index (χ2n) is 4.51. The zero-order valence-corrected chi connectivity index (χ0v) is 9.87. The van der Waals surface area contributed by atoms with Gasteiger partial charge in [0.05, 0.1) is 12.5 Å². The second kappa shape index (κ2) is 5.03. The van der Waals surface area contributed by atoms with Gasteiger partial charge in [-0.25, -0.2) is 0 Å². The molecule has 16 heavy (non-hydrogen) atoms. The van der Waals surface area contributed by atoms with Gasteiger partial charge in [-0.05, 0) is 37.8 Å². The zero-order chi connectivity index (χ0) is 11.4. The van der Waals surface area contributed by atoms with Gasteiger partial charge in [-0.3, -0.25) is 0 Å². The molecule has 0 spiro atoms. The first-order valence-corrected chi connectivity index (χ1v) is 6.02. The number of rotatable bonds is 2. The Hall–Kier alpha value is -1.49. The molecule has 2 nitrogen and oxygen atoms in total.